The van der Waals surface area contributed by atoms with E-state index in [4.69, 9.17) is 0 Å². The first-order valence-corrected chi connectivity index (χ1v) is 5.43. The van der Waals surface area contributed by atoms with Gasteiger partial charge < -0.3 is 10.2 Å². The van der Waals surface area contributed by atoms with Crippen LogP contribution in [0, 0.1) is 0 Å². The van der Waals surface area contributed by atoms with Gasteiger partial charge in [-0.15, -0.1) is 0 Å². The third kappa shape index (κ3) is 2.30. The highest BCUT2D eigenvalue weighted by atomic mass is 16.2. The summed E-state index contributed by atoms with van der Waals surface area (Å²) in [5, 5.41) is 3.22. The van der Waals surface area contributed by atoms with Crippen LogP contribution in [0.4, 0.5) is 10.6 Å². The molecule has 1 aromatic rings. The Morgan fingerprint density at radius 3 is 2.81 bits per heavy atom. The van der Waals surface area contributed by atoms with Crippen LogP contribution in [-0.2, 0) is 0 Å². The van der Waals surface area contributed by atoms with E-state index in [2.05, 4.69) is 10.3 Å². The average Bonchev–Trinajstić information content (AvgIpc) is 2.39. The number of rotatable bonds is 1. The SMILES string of the molecule is CN(C(=O)N1CCNCC1)c1ccccn1. The van der Waals surface area contributed by atoms with Crippen LogP contribution in [-0.4, -0.2) is 49.1 Å². The number of nitrogens with one attached hydrogen (secondary N) is 1. The van der Waals surface area contributed by atoms with Gasteiger partial charge in [-0.3, -0.25) is 4.90 Å². The van der Waals surface area contributed by atoms with Crippen LogP contribution >= 0.6 is 0 Å². The molecule has 86 valence electrons. The monoisotopic (exact) mass is 220 g/mol. The number of hydrogen-bond donors (Lipinski definition) is 1. The molecule has 1 N–H and O–H groups in total. The molecule has 1 aromatic heterocycles. The summed E-state index contributed by atoms with van der Waals surface area (Å²) in [5.74, 6) is 0.686. The van der Waals surface area contributed by atoms with Crippen molar-refractivity contribution in [1.29, 1.82) is 0 Å². The Morgan fingerprint density at radius 2 is 2.19 bits per heavy atom. The summed E-state index contributed by atoms with van der Waals surface area (Å²) in [4.78, 5) is 19.7. The van der Waals surface area contributed by atoms with Crippen molar-refractivity contribution in [3.05, 3.63) is 24.4 Å². The number of urea groups is 1. The van der Waals surface area contributed by atoms with Crippen LogP contribution in [0.2, 0.25) is 0 Å². The maximum atomic E-state index is 12.1. The first kappa shape index (κ1) is 10.9. The number of anilines is 1. The fourth-order valence-electron chi connectivity index (χ4n) is 1.72. The quantitative estimate of drug-likeness (QED) is 0.751. The molecule has 1 aliphatic rings. The zero-order chi connectivity index (χ0) is 11.4. The summed E-state index contributed by atoms with van der Waals surface area (Å²) in [5.41, 5.74) is 0. The molecule has 0 bridgehead atoms. The molecule has 0 radical (unpaired) electrons. The van der Waals surface area contributed by atoms with E-state index in [1.807, 2.05) is 23.1 Å². The number of piperazine rings is 1. The summed E-state index contributed by atoms with van der Waals surface area (Å²) in [6.07, 6.45) is 1.69. The zero-order valence-electron chi connectivity index (χ0n) is 9.39. The van der Waals surface area contributed by atoms with Gasteiger partial charge >= 0.3 is 6.03 Å². The van der Waals surface area contributed by atoms with Gasteiger partial charge in [0.05, 0.1) is 0 Å². The predicted octanol–water partition coefficient (Wildman–Crippen LogP) is 0.543. The highest BCUT2D eigenvalue weighted by Crippen LogP contribution is 2.09. The molecule has 2 rings (SSSR count). The number of nitrogens with zero attached hydrogens (tertiary/aromatic N) is 3. The van der Waals surface area contributed by atoms with Crippen LogP contribution in [0.15, 0.2) is 24.4 Å². The Bertz CT molecular complexity index is 348. The van der Waals surface area contributed by atoms with Crippen molar-refractivity contribution in [2.75, 3.05) is 38.1 Å². The molecule has 0 aliphatic carbocycles. The highest BCUT2D eigenvalue weighted by Gasteiger charge is 2.20. The molecular formula is C11H16N4O. The van der Waals surface area contributed by atoms with E-state index < -0.39 is 0 Å². The molecule has 0 atom stereocenters. The molecule has 0 saturated carbocycles. The number of carbonyl (C=O) groups is 1. The van der Waals surface area contributed by atoms with Gasteiger partial charge in [0.25, 0.3) is 0 Å². The van der Waals surface area contributed by atoms with E-state index in [0.717, 1.165) is 26.2 Å². The first-order chi connectivity index (χ1) is 7.79. The second-order valence-electron chi connectivity index (χ2n) is 3.77. The van der Waals surface area contributed by atoms with E-state index in [0.29, 0.717) is 5.82 Å². The lowest BCUT2D eigenvalue weighted by Crippen LogP contribution is -2.50. The van der Waals surface area contributed by atoms with Crippen molar-refractivity contribution in [1.82, 2.24) is 15.2 Å². The van der Waals surface area contributed by atoms with Crippen molar-refractivity contribution < 1.29 is 4.79 Å². The zero-order valence-corrected chi connectivity index (χ0v) is 9.39. The van der Waals surface area contributed by atoms with Gasteiger partial charge in [-0.05, 0) is 12.1 Å². The third-order valence-electron chi connectivity index (χ3n) is 2.67. The minimum Gasteiger partial charge on any atom is -0.322 e. The standard InChI is InChI=1S/C11H16N4O/c1-14(10-4-2-3-5-13-10)11(16)15-8-6-12-7-9-15/h2-5,12H,6-9H2,1H3. The fraction of sp³-hybridized carbons (Fsp3) is 0.455. The largest absolute Gasteiger partial charge is 0.325 e. The summed E-state index contributed by atoms with van der Waals surface area (Å²) < 4.78 is 0. The molecule has 2 amide bonds. The van der Waals surface area contributed by atoms with Gasteiger partial charge in [-0.2, -0.15) is 0 Å². The lowest BCUT2D eigenvalue weighted by Gasteiger charge is -2.30. The molecule has 16 heavy (non-hydrogen) atoms. The van der Waals surface area contributed by atoms with Gasteiger partial charge in [0.1, 0.15) is 5.82 Å². The van der Waals surface area contributed by atoms with E-state index >= 15 is 0 Å². The number of pyridine rings is 1. The summed E-state index contributed by atoms with van der Waals surface area (Å²) in [7, 11) is 1.76. The Balaban J connectivity index is 2.04. The molecular weight excluding hydrogens is 204 g/mol. The van der Waals surface area contributed by atoms with Crippen LogP contribution in [0.3, 0.4) is 0 Å². The lowest BCUT2D eigenvalue weighted by atomic mass is 10.4. The van der Waals surface area contributed by atoms with Gasteiger partial charge in [0, 0.05) is 39.4 Å². The second kappa shape index (κ2) is 4.94. The molecule has 0 spiro atoms. The summed E-state index contributed by atoms with van der Waals surface area (Å²) in [6.45, 7) is 3.25. The van der Waals surface area contributed by atoms with Crippen molar-refractivity contribution >= 4 is 11.8 Å². The predicted molar refractivity (Wildman–Crippen MR) is 62.5 cm³/mol. The van der Waals surface area contributed by atoms with E-state index in [9.17, 15) is 4.79 Å². The number of hydrogen-bond acceptors (Lipinski definition) is 3. The van der Waals surface area contributed by atoms with Crippen LogP contribution in [0.1, 0.15) is 0 Å². The smallest absolute Gasteiger partial charge is 0.322 e. The van der Waals surface area contributed by atoms with Crippen LogP contribution in [0.25, 0.3) is 0 Å². The third-order valence-corrected chi connectivity index (χ3v) is 2.67. The van der Waals surface area contributed by atoms with Crippen LogP contribution < -0.4 is 10.2 Å². The van der Waals surface area contributed by atoms with Gasteiger partial charge in [0.15, 0.2) is 0 Å². The van der Waals surface area contributed by atoms with Crippen molar-refractivity contribution in [3.63, 3.8) is 0 Å². The van der Waals surface area contributed by atoms with Gasteiger partial charge in [-0.25, -0.2) is 9.78 Å². The number of aromatic nitrogens is 1. The molecule has 1 aliphatic heterocycles. The number of amides is 2. The molecule has 1 saturated heterocycles. The maximum absolute atomic E-state index is 12.1. The topological polar surface area (TPSA) is 48.5 Å². The van der Waals surface area contributed by atoms with E-state index in [1.54, 1.807) is 18.1 Å². The Kier molecular flexibility index (Phi) is 3.36. The van der Waals surface area contributed by atoms with Gasteiger partial charge in [-0.1, -0.05) is 6.07 Å². The summed E-state index contributed by atoms with van der Waals surface area (Å²) in [6, 6.07) is 5.57. The molecule has 0 unspecified atom stereocenters. The Hall–Kier alpha value is -1.62. The number of carbonyl (C=O) groups excluding carboxylic acids is 1. The molecule has 5 heteroatoms. The molecule has 0 aromatic carbocycles. The molecule has 5 nitrogen and oxygen atoms in total. The minimum atomic E-state index is 0.0141. The normalized spacial score (nSPS) is 15.9. The Labute approximate surface area is 95.1 Å². The Morgan fingerprint density at radius 1 is 1.44 bits per heavy atom. The van der Waals surface area contributed by atoms with Gasteiger partial charge in [0.2, 0.25) is 0 Å². The first-order valence-electron chi connectivity index (χ1n) is 5.43. The maximum Gasteiger partial charge on any atom is 0.325 e. The average molecular weight is 220 g/mol. The van der Waals surface area contributed by atoms with E-state index in [1.165, 1.54) is 0 Å². The second-order valence-corrected chi connectivity index (χ2v) is 3.77. The van der Waals surface area contributed by atoms with Crippen molar-refractivity contribution in [2.45, 2.75) is 0 Å². The van der Waals surface area contributed by atoms with Crippen molar-refractivity contribution in [3.8, 4) is 0 Å². The molecule has 1 fully saturated rings. The van der Waals surface area contributed by atoms with E-state index in [-0.39, 0.29) is 6.03 Å². The minimum absolute atomic E-state index is 0.0141. The van der Waals surface area contributed by atoms with Crippen LogP contribution in [0.5, 0.6) is 0 Å². The fourth-order valence-corrected chi connectivity index (χ4v) is 1.72. The summed E-state index contributed by atoms with van der Waals surface area (Å²) >= 11 is 0. The lowest BCUT2D eigenvalue weighted by molar-refractivity contribution is 0.198. The molecule has 2 heterocycles. The highest BCUT2D eigenvalue weighted by molar-refractivity contribution is 5.90. The van der Waals surface area contributed by atoms with Crippen molar-refractivity contribution in [2.24, 2.45) is 0 Å².